The number of hydrogen-bond acceptors (Lipinski definition) is 9. The summed E-state index contributed by atoms with van der Waals surface area (Å²) in [6, 6.07) is 9.17. The number of nitrogens with two attached hydrogens (primary N) is 1. The summed E-state index contributed by atoms with van der Waals surface area (Å²) in [5.41, 5.74) is 7.60. The van der Waals surface area contributed by atoms with E-state index in [2.05, 4.69) is 20.3 Å². The van der Waals surface area contributed by atoms with Crippen molar-refractivity contribution in [2.45, 2.75) is 37.8 Å². The second-order valence-electron chi connectivity index (χ2n) is 7.34. The number of imidazole rings is 1. The van der Waals surface area contributed by atoms with E-state index in [-0.39, 0.29) is 19.2 Å². The number of benzene rings is 1. The van der Waals surface area contributed by atoms with Crippen molar-refractivity contribution in [1.29, 1.82) is 0 Å². The van der Waals surface area contributed by atoms with Crippen molar-refractivity contribution in [3.05, 3.63) is 42.2 Å². The van der Waals surface area contributed by atoms with Gasteiger partial charge in [0.05, 0.1) is 18.5 Å². The number of ether oxygens (including phenoxy) is 3. The minimum absolute atomic E-state index is 0.0114. The summed E-state index contributed by atoms with van der Waals surface area (Å²) in [6.45, 7) is 0.261. The maximum atomic E-state index is 12.1. The van der Waals surface area contributed by atoms with Gasteiger partial charge < -0.3 is 25.3 Å². The van der Waals surface area contributed by atoms with E-state index in [4.69, 9.17) is 19.9 Å². The lowest BCUT2D eigenvalue weighted by Gasteiger charge is -2.26. The van der Waals surface area contributed by atoms with E-state index in [9.17, 15) is 4.79 Å². The summed E-state index contributed by atoms with van der Waals surface area (Å²) in [5.74, 6) is 0.373. The minimum Gasteiger partial charge on any atom is -0.457 e. The fraction of sp³-hybridized carbons (Fsp3) is 0.400. The van der Waals surface area contributed by atoms with E-state index in [0.29, 0.717) is 28.6 Å². The van der Waals surface area contributed by atoms with Gasteiger partial charge in [-0.3, -0.25) is 4.57 Å². The Kier molecular flexibility index (Phi) is 4.93. The first-order chi connectivity index (χ1) is 14.7. The molecular weight excluding hydrogens is 388 g/mol. The highest BCUT2D eigenvalue weighted by Crippen LogP contribution is 2.30. The summed E-state index contributed by atoms with van der Waals surface area (Å²) in [5, 5.41) is 3.39. The lowest BCUT2D eigenvalue weighted by molar-refractivity contribution is -0.102. The van der Waals surface area contributed by atoms with E-state index in [0.717, 1.165) is 12.8 Å². The Morgan fingerprint density at radius 1 is 1.27 bits per heavy atom. The first kappa shape index (κ1) is 18.8. The number of carbonyl (C=O) groups excluding carboxylic acids is 1. The molecular formula is C20H22N6O4. The Bertz CT molecular complexity index is 1050. The van der Waals surface area contributed by atoms with Crippen LogP contribution in [0.5, 0.6) is 0 Å². The van der Waals surface area contributed by atoms with Crippen molar-refractivity contribution in [3.8, 4) is 0 Å². The van der Waals surface area contributed by atoms with Gasteiger partial charge in [0, 0.05) is 6.04 Å². The molecule has 10 heteroatoms. The van der Waals surface area contributed by atoms with Gasteiger partial charge in [-0.15, -0.1) is 0 Å². The van der Waals surface area contributed by atoms with Crippen molar-refractivity contribution in [1.82, 2.24) is 19.5 Å². The molecule has 1 aliphatic carbocycles. The predicted octanol–water partition coefficient (Wildman–Crippen LogP) is 2.10. The van der Waals surface area contributed by atoms with Crippen LogP contribution in [0, 0.1) is 0 Å². The average molecular weight is 410 g/mol. The van der Waals surface area contributed by atoms with Crippen molar-refractivity contribution in [2.24, 2.45) is 0 Å². The van der Waals surface area contributed by atoms with Gasteiger partial charge in [-0.05, 0) is 31.4 Å². The monoisotopic (exact) mass is 410 g/mol. The third-order valence-electron chi connectivity index (χ3n) is 5.29. The first-order valence-corrected chi connectivity index (χ1v) is 9.93. The molecule has 2 aliphatic rings. The summed E-state index contributed by atoms with van der Waals surface area (Å²) in [6.07, 6.45) is 3.92. The largest absolute Gasteiger partial charge is 0.457 e. The highest BCUT2D eigenvalue weighted by atomic mass is 16.7. The SMILES string of the molecule is Nc1nc(NC2CCC2)c2ncn([C@H]3CO[C@@H](COC(=O)c4ccccc4)O3)c2n1. The number of rotatable bonds is 6. The van der Waals surface area contributed by atoms with Crippen LogP contribution in [0.2, 0.25) is 0 Å². The lowest BCUT2D eigenvalue weighted by Crippen LogP contribution is -2.27. The molecule has 0 bridgehead atoms. The van der Waals surface area contributed by atoms with Crippen LogP contribution in [0.15, 0.2) is 36.7 Å². The smallest absolute Gasteiger partial charge is 0.338 e. The Morgan fingerprint density at radius 2 is 2.10 bits per heavy atom. The lowest BCUT2D eigenvalue weighted by atomic mass is 9.93. The Balaban J connectivity index is 1.26. The van der Waals surface area contributed by atoms with Crippen molar-refractivity contribution in [2.75, 3.05) is 24.3 Å². The molecule has 2 aromatic heterocycles. The molecule has 156 valence electrons. The van der Waals surface area contributed by atoms with Crippen LogP contribution < -0.4 is 11.1 Å². The summed E-state index contributed by atoms with van der Waals surface area (Å²) >= 11 is 0. The maximum absolute atomic E-state index is 12.1. The van der Waals surface area contributed by atoms with Crippen molar-refractivity contribution < 1.29 is 19.0 Å². The molecule has 1 saturated heterocycles. The molecule has 0 unspecified atom stereocenters. The number of esters is 1. The van der Waals surface area contributed by atoms with Crippen LogP contribution in [0.3, 0.4) is 0 Å². The van der Waals surface area contributed by atoms with Gasteiger partial charge in [0.1, 0.15) is 6.61 Å². The second kappa shape index (κ2) is 7.88. The molecule has 0 radical (unpaired) electrons. The number of nitrogens with one attached hydrogen (secondary N) is 1. The minimum atomic E-state index is -0.674. The van der Waals surface area contributed by atoms with Gasteiger partial charge in [-0.25, -0.2) is 9.78 Å². The van der Waals surface area contributed by atoms with Crippen LogP contribution in [-0.2, 0) is 14.2 Å². The van der Waals surface area contributed by atoms with Crippen molar-refractivity contribution >= 4 is 28.9 Å². The zero-order valence-electron chi connectivity index (χ0n) is 16.2. The van der Waals surface area contributed by atoms with Gasteiger partial charge >= 0.3 is 5.97 Å². The van der Waals surface area contributed by atoms with E-state index in [1.807, 2.05) is 6.07 Å². The first-order valence-electron chi connectivity index (χ1n) is 9.93. The molecule has 3 heterocycles. The van der Waals surface area contributed by atoms with E-state index in [1.165, 1.54) is 6.42 Å². The molecule has 30 heavy (non-hydrogen) atoms. The zero-order valence-corrected chi connectivity index (χ0v) is 16.2. The molecule has 0 amide bonds. The molecule has 10 nitrogen and oxygen atoms in total. The van der Waals surface area contributed by atoms with Crippen LogP contribution in [-0.4, -0.2) is 51.0 Å². The molecule has 2 fully saturated rings. The number of nitrogens with zero attached hydrogens (tertiary/aromatic N) is 4. The molecule has 5 rings (SSSR count). The number of fused-ring (bicyclic) bond motifs is 1. The quantitative estimate of drug-likeness (QED) is 0.587. The molecule has 1 aliphatic heterocycles. The second-order valence-corrected chi connectivity index (χ2v) is 7.34. The normalized spacial score (nSPS) is 21.5. The van der Waals surface area contributed by atoms with Crippen LogP contribution in [0.25, 0.3) is 11.2 Å². The standard InChI is InChI=1S/C20H22N6O4/c21-20-24-17(23-13-7-4-8-13)16-18(25-20)26(11-22-16)14-9-28-15(30-14)10-29-19(27)12-5-2-1-3-6-12/h1-3,5-6,11,13-15H,4,7-10H2,(H3,21,23,24,25)/t14-,15-/m1/s1. The Labute approximate surface area is 172 Å². The van der Waals surface area contributed by atoms with Gasteiger partial charge in [0.2, 0.25) is 5.95 Å². The number of aromatic nitrogens is 4. The van der Waals surface area contributed by atoms with E-state index < -0.39 is 18.5 Å². The molecule has 2 atom stereocenters. The number of hydrogen-bond donors (Lipinski definition) is 2. The third-order valence-corrected chi connectivity index (χ3v) is 5.29. The Morgan fingerprint density at radius 3 is 2.87 bits per heavy atom. The fourth-order valence-corrected chi connectivity index (χ4v) is 3.47. The topological polar surface area (TPSA) is 126 Å². The van der Waals surface area contributed by atoms with Crippen LogP contribution in [0.1, 0.15) is 35.8 Å². The van der Waals surface area contributed by atoms with Crippen LogP contribution >= 0.6 is 0 Å². The van der Waals surface area contributed by atoms with Gasteiger partial charge in [-0.2, -0.15) is 9.97 Å². The van der Waals surface area contributed by atoms with E-state index in [1.54, 1.807) is 35.2 Å². The summed E-state index contributed by atoms with van der Waals surface area (Å²) < 4.78 is 18.6. The van der Waals surface area contributed by atoms with Gasteiger partial charge in [0.15, 0.2) is 29.5 Å². The average Bonchev–Trinajstić information content (AvgIpc) is 3.36. The molecule has 1 saturated carbocycles. The fourth-order valence-electron chi connectivity index (χ4n) is 3.47. The maximum Gasteiger partial charge on any atom is 0.338 e. The highest BCUT2D eigenvalue weighted by molar-refractivity contribution is 5.89. The number of nitrogen functional groups attached to an aromatic ring is 1. The highest BCUT2D eigenvalue weighted by Gasteiger charge is 2.31. The zero-order chi connectivity index (χ0) is 20.5. The Hall–Kier alpha value is -3.24. The summed E-state index contributed by atoms with van der Waals surface area (Å²) in [4.78, 5) is 25.2. The predicted molar refractivity (Wildman–Crippen MR) is 108 cm³/mol. The molecule has 3 aromatic rings. The molecule has 1 aromatic carbocycles. The van der Waals surface area contributed by atoms with E-state index >= 15 is 0 Å². The van der Waals surface area contributed by atoms with Crippen molar-refractivity contribution in [3.63, 3.8) is 0 Å². The molecule has 0 spiro atoms. The third kappa shape index (κ3) is 3.66. The van der Waals surface area contributed by atoms with Gasteiger partial charge in [-0.1, -0.05) is 18.2 Å². The molecule has 3 N–H and O–H groups in total. The number of carbonyl (C=O) groups is 1. The number of anilines is 2. The van der Waals surface area contributed by atoms with Gasteiger partial charge in [0.25, 0.3) is 0 Å². The van der Waals surface area contributed by atoms with Crippen LogP contribution in [0.4, 0.5) is 11.8 Å². The summed E-state index contributed by atoms with van der Waals surface area (Å²) in [7, 11) is 0.